The van der Waals surface area contributed by atoms with E-state index < -0.39 is 6.03 Å². The molecule has 7 aliphatic carbocycles. The number of carbonyl (C=O) groups is 8. The molecule has 4 heterocycles. The van der Waals surface area contributed by atoms with E-state index in [0.717, 1.165) is 128 Å². The van der Waals surface area contributed by atoms with E-state index in [1.165, 1.54) is 117 Å². The number of ketones is 1. The first-order chi connectivity index (χ1) is 51.5. The molecule has 0 unspecified atom stereocenters. The zero-order valence-corrected chi connectivity index (χ0v) is 60.6. The lowest BCUT2D eigenvalue weighted by Crippen LogP contribution is -2.40. The molecule has 0 bridgehead atoms. The van der Waals surface area contributed by atoms with Crippen molar-refractivity contribution in [2.75, 3.05) is 41.6 Å². The molecule has 4 aromatic carbocycles. The van der Waals surface area contributed by atoms with E-state index >= 15 is 0 Å². The number of primary amides is 1. The van der Waals surface area contributed by atoms with Crippen LogP contribution in [-0.4, -0.2) is 131 Å². The van der Waals surface area contributed by atoms with E-state index in [-0.39, 0.29) is 117 Å². The summed E-state index contributed by atoms with van der Waals surface area (Å²) in [6, 6.07) is 32.4. The van der Waals surface area contributed by atoms with Crippen molar-refractivity contribution in [3.05, 3.63) is 214 Å². The smallest absolute Gasteiger partial charge is 0.317 e. The summed E-state index contributed by atoms with van der Waals surface area (Å²) in [5.74, 6) is 0.484. The highest BCUT2D eigenvalue weighted by Crippen LogP contribution is 2.34. The minimum Gasteiger partial charge on any atom is -0.351 e. The number of hydrogen-bond acceptors (Lipinski definition) is 16. The molecule has 106 heavy (non-hydrogen) atoms. The fourth-order valence-electron chi connectivity index (χ4n) is 16.0. The van der Waals surface area contributed by atoms with Crippen molar-refractivity contribution in [3.63, 3.8) is 0 Å². The van der Waals surface area contributed by atoms with Gasteiger partial charge in [-0.25, -0.2) is 44.7 Å². The van der Waals surface area contributed by atoms with E-state index in [0.29, 0.717) is 18.1 Å². The minimum atomic E-state index is -0.761. The van der Waals surface area contributed by atoms with Crippen LogP contribution in [0.3, 0.4) is 0 Å². The van der Waals surface area contributed by atoms with E-state index in [1.807, 2.05) is 55.6 Å². The van der Waals surface area contributed by atoms with Gasteiger partial charge < -0.3 is 26.6 Å². The maximum atomic E-state index is 13.3. The number of amides is 8. The quantitative estimate of drug-likeness (QED) is 0.0561. The maximum absolute atomic E-state index is 13.3. The van der Waals surface area contributed by atoms with Crippen LogP contribution in [0.1, 0.15) is 189 Å². The van der Waals surface area contributed by atoms with Gasteiger partial charge in [-0.3, -0.25) is 48.7 Å². The van der Waals surface area contributed by atoms with E-state index in [9.17, 15) is 38.4 Å². The summed E-state index contributed by atoms with van der Waals surface area (Å²) >= 11 is 0. The zero-order chi connectivity index (χ0) is 74.1. The summed E-state index contributed by atoms with van der Waals surface area (Å²) in [5, 5.41) is 11.3. The van der Waals surface area contributed by atoms with Gasteiger partial charge in [-0.05, 0) is 140 Å². The number of carbonyl (C=O) groups excluding carboxylic acids is 8. The lowest BCUT2D eigenvalue weighted by molar-refractivity contribution is -0.123. The van der Waals surface area contributed by atoms with Crippen LogP contribution >= 0.6 is 0 Å². The van der Waals surface area contributed by atoms with Crippen LogP contribution in [-0.2, 0) is 65.8 Å². The normalized spacial score (nSPS) is 16.4. The summed E-state index contributed by atoms with van der Waals surface area (Å²) in [5.41, 5.74) is 16.2. The van der Waals surface area contributed by atoms with Gasteiger partial charge in [0.2, 0.25) is 17.7 Å². The molecule has 6 N–H and O–H groups in total. The monoisotopic (exact) mass is 1430 g/mol. The molecular formula is C82H94N16O8. The van der Waals surface area contributed by atoms with Gasteiger partial charge in [0.05, 0.1) is 0 Å². The number of benzene rings is 4. The summed E-state index contributed by atoms with van der Waals surface area (Å²) in [4.78, 5) is 139. The standard InChI is InChI=1S/C23H28N4O2.C22H26N4O2.C21H24N4O2.C16H16N4O2/c1-26(19-14-17-10-6-7-11-18(17)15-19)23(29)20-21(25-13-12-24-20)27(2)22(28)16-8-4-3-5-9-16;1-26(22(28)15-7-3-2-4-8-15)20-19(23-11-12-24-20)21(27)25-18-13-16-9-5-6-10-17(16)14-18;26-20(14-6-2-1-3-7-14)25-19-18(22-10-11-23-19)21(27)24-17-12-15-8-4-5-9-16(15)13-17;17-16(22)20-15-14(18-5-6-19-15)13(21)9-10-7-11-3-1-2-4-12(11)8-10/h6-7,10-13,16,19H,3-5,8-9,14-15H2,1-2H3;5-6,9-12,15,18H,2-4,7-8,13-14H2,1H3,(H,25,27);4-5,8-11,14,17H,1-3,6-7,12-13H2,(H,24,27)(H,23,25,26);1-6,10H,7-9H2,(H3,17,19,20,22). The average molecular weight is 1430 g/mol. The summed E-state index contributed by atoms with van der Waals surface area (Å²) in [6.45, 7) is 0. The number of nitrogens with one attached hydrogen (secondary N) is 4. The molecule has 3 saturated carbocycles. The van der Waals surface area contributed by atoms with Gasteiger partial charge in [-0.2, -0.15) is 0 Å². The van der Waals surface area contributed by atoms with Crippen molar-refractivity contribution in [3.8, 4) is 0 Å². The first-order valence-electron chi connectivity index (χ1n) is 37.4. The maximum Gasteiger partial charge on any atom is 0.317 e. The SMILES string of the molecule is CN(C(=O)C1CCCCC1)c1nccnc1C(=O)N(C)C1Cc2ccccc2C1.CN(C(=O)C1CCCCC1)c1nccnc1C(=O)NC1Cc2ccccc2C1.NC(=O)Nc1nccnc1C(=O)CC1Cc2ccccc2C1.O=C(NC1Cc2ccccc2C1)c1nccnc1NC(=O)C1CCCCC1. The summed E-state index contributed by atoms with van der Waals surface area (Å²) < 4.78 is 0. The van der Waals surface area contributed by atoms with Gasteiger partial charge in [0.1, 0.15) is 5.69 Å². The van der Waals surface area contributed by atoms with Gasteiger partial charge >= 0.3 is 6.03 Å². The van der Waals surface area contributed by atoms with E-state index in [1.54, 1.807) is 25.2 Å². The molecule has 4 aromatic heterocycles. The third-order valence-electron chi connectivity index (χ3n) is 21.6. The number of likely N-dealkylation sites (N-methyl/N-ethyl adjacent to an activating group) is 1. The molecule has 15 rings (SSSR count). The second-order valence-electron chi connectivity index (χ2n) is 28.9. The van der Waals surface area contributed by atoms with Gasteiger partial charge in [-0.15, -0.1) is 0 Å². The van der Waals surface area contributed by atoms with Crippen LogP contribution in [0.15, 0.2) is 147 Å². The van der Waals surface area contributed by atoms with Gasteiger partial charge in [0.25, 0.3) is 17.7 Å². The van der Waals surface area contributed by atoms with Crippen LogP contribution in [0, 0.1) is 23.7 Å². The first kappa shape index (κ1) is 74.7. The lowest BCUT2D eigenvalue weighted by Gasteiger charge is -2.28. The largest absolute Gasteiger partial charge is 0.351 e. The Bertz CT molecular complexity index is 4380. The molecule has 0 radical (unpaired) electrons. The van der Waals surface area contributed by atoms with E-state index in [4.69, 9.17) is 5.73 Å². The van der Waals surface area contributed by atoms with E-state index in [2.05, 4.69) is 110 Å². The van der Waals surface area contributed by atoms with Crippen LogP contribution in [0.4, 0.5) is 28.1 Å². The molecule has 24 heteroatoms. The molecule has 24 nitrogen and oxygen atoms in total. The number of Topliss-reactive ketones (excluding diaryl/α,β-unsaturated/α-hetero) is 1. The lowest BCUT2D eigenvalue weighted by atomic mass is 9.88. The number of nitrogens with two attached hydrogens (primary N) is 1. The number of nitrogens with zero attached hydrogens (tertiary/aromatic N) is 11. The van der Waals surface area contributed by atoms with Crippen molar-refractivity contribution >= 4 is 70.5 Å². The molecule has 550 valence electrons. The number of hydrogen-bond donors (Lipinski definition) is 5. The predicted octanol–water partition coefficient (Wildman–Crippen LogP) is 11.0. The Morgan fingerprint density at radius 3 is 1.16 bits per heavy atom. The van der Waals surface area contributed by atoms with Crippen molar-refractivity contribution in [1.29, 1.82) is 0 Å². The number of fused-ring (bicyclic) bond motifs is 4. The number of rotatable bonds is 16. The molecule has 0 aliphatic heterocycles. The fourth-order valence-corrected chi connectivity index (χ4v) is 16.0. The Balaban J connectivity index is 0.000000133. The van der Waals surface area contributed by atoms with Gasteiger partial charge in [-0.1, -0.05) is 155 Å². The van der Waals surface area contributed by atoms with Gasteiger partial charge in [0.15, 0.2) is 46.1 Å². The Morgan fingerprint density at radius 1 is 0.387 bits per heavy atom. The highest BCUT2D eigenvalue weighted by molar-refractivity contribution is 6.05. The zero-order valence-electron chi connectivity index (χ0n) is 60.6. The van der Waals surface area contributed by atoms with Crippen molar-refractivity contribution < 1.29 is 38.4 Å². The second kappa shape index (κ2) is 35.6. The Labute approximate surface area is 618 Å². The topological polar surface area (TPSA) is 324 Å². The van der Waals surface area contributed by atoms with Gasteiger partial charge in [0, 0.05) is 113 Å². The second-order valence-corrected chi connectivity index (χ2v) is 28.9. The average Bonchev–Trinajstić information content (AvgIpc) is 1.40. The van der Waals surface area contributed by atoms with Crippen molar-refractivity contribution in [1.82, 2.24) is 55.4 Å². The molecule has 0 spiro atoms. The van der Waals surface area contributed by atoms with Crippen LogP contribution in [0.5, 0.6) is 0 Å². The summed E-state index contributed by atoms with van der Waals surface area (Å²) in [6.07, 6.45) is 34.5. The third kappa shape index (κ3) is 18.7. The van der Waals surface area contributed by atoms with Crippen LogP contribution in [0.25, 0.3) is 0 Å². The molecular weight excluding hydrogens is 1340 g/mol. The molecule has 7 aliphatic rings. The van der Waals surface area contributed by atoms with Crippen LogP contribution < -0.4 is 36.8 Å². The molecule has 3 fully saturated rings. The Kier molecular flexibility index (Phi) is 25.1. The number of urea groups is 1. The molecule has 8 amide bonds. The Hall–Kier alpha value is -11.0. The molecule has 8 aromatic rings. The summed E-state index contributed by atoms with van der Waals surface area (Å²) in [7, 11) is 5.23. The number of aromatic nitrogens is 8. The minimum absolute atomic E-state index is 0.000925. The molecule has 0 atom stereocenters. The first-order valence-corrected chi connectivity index (χ1v) is 37.4. The highest BCUT2D eigenvalue weighted by Gasteiger charge is 2.36. The highest BCUT2D eigenvalue weighted by atomic mass is 16.2. The predicted molar refractivity (Wildman–Crippen MR) is 403 cm³/mol. The van der Waals surface area contributed by atoms with Crippen molar-refractivity contribution in [2.24, 2.45) is 29.4 Å². The third-order valence-corrected chi connectivity index (χ3v) is 21.6. The van der Waals surface area contributed by atoms with Crippen molar-refractivity contribution in [2.45, 2.75) is 172 Å². The number of anilines is 4. The molecule has 0 saturated heterocycles. The van der Waals surface area contributed by atoms with Crippen LogP contribution in [0.2, 0.25) is 0 Å². The fraction of sp³-hybridized carbons (Fsp3) is 0.415. The Morgan fingerprint density at radius 2 is 0.726 bits per heavy atom.